The van der Waals surface area contributed by atoms with Gasteiger partial charge in [-0.05, 0) is 24.9 Å². The van der Waals surface area contributed by atoms with E-state index >= 15 is 0 Å². The summed E-state index contributed by atoms with van der Waals surface area (Å²) in [6.45, 7) is 13.5. The van der Waals surface area contributed by atoms with Gasteiger partial charge in [0, 0.05) is 26.2 Å². The fourth-order valence-electron chi connectivity index (χ4n) is 2.96. The average Bonchev–Trinajstić information content (AvgIpc) is 2.89. The number of carbonyl (C=O) groups is 1. The van der Waals surface area contributed by atoms with E-state index < -0.39 is 0 Å². The molecule has 19 heavy (non-hydrogen) atoms. The molecule has 0 radical (unpaired) electrons. The molecule has 2 saturated heterocycles. The molecule has 0 aliphatic carbocycles. The fourth-order valence-corrected chi connectivity index (χ4v) is 2.96. The Bertz CT molecular complexity index is 313. The van der Waals surface area contributed by atoms with E-state index in [0.717, 1.165) is 38.0 Å². The highest BCUT2D eigenvalue weighted by molar-refractivity contribution is 5.85. The number of nitrogens with one attached hydrogen (secondary N) is 1. The first-order chi connectivity index (χ1) is 8.74. The highest BCUT2D eigenvalue weighted by atomic mass is 35.5. The van der Waals surface area contributed by atoms with Crippen LogP contribution in [0.25, 0.3) is 0 Å². The second-order valence-electron chi connectivity index (χ2n) is 5.25. The second-order valence-corrected chi connectivity index (χ2v) is 5.25. The minimum atomic E-state index is 0. The van der Waals surface area contributed by atoms with Crippen LogP contribution in [0.3, 0.4) is 0 Å². The predicted octanol–water partition coefficient (Wildman–Crippen LogP) is 0.760. The summed E-state index contributed by atoms with van der Waals surface area (Å²) in [6, 6.07) is 0. The van der Waals surface area contributed by atoms with Crippen molar-refractivity contribution in [3.63, 3.8) is 0 Å². The number of nitrogens with zero attached hydrogens (tertiary/aromatic N) is 2. The van der Waals surface area contributed by atoms with Crippen LogP contribution >= 0.6 is 12.4 Å². The summed E-state index contributed by atoms with van der Waals surface area (Å²) in [5.74, 6) is 1.66. The number of likely N-dealkylation sites (tertiary alicyclic amines) is 1. The zero-order valence-corrected chi connectivity index (χ0v) is 12.2. The van der Waals surface area contributed by atoms with Crippen LogP contribution in [0, 0.1) is 11.8 Å². The number of hydrogen-bond acceptors (Lipinski definition) is 3. The Morgan fingerprint density at radius 3 is 2.21 bits per heavy atom. The van der Waals surface area contributed by atoms with E-state index in [1.165, 1.54) is 0 Å². The van der Waals surface area contributed by atoms with Crippen LogP contribution in [0.4, 0.5) is 0 Å². The highest BCUT2D eigenvalue weighted by Crippen LogP contribution is 2.25. The van der Waals surface area contributed by atoms with Crippen LogP contribution < -0.4 is 5.32 Å². The third-order valence-corrected chi connectivity index (χ3v) is 3.88. The Hall–Kier alpha value is -0.840. The van der Waals surface area contributed by atoms with Crippen molar-refractivity contribution in [3.05, 3.63) is 25.3 Å². The van der Waals surface area contributed by atoms with E-state index in [0.29, 0.717) is 19.6 Å². The first kappa shape index (κ1) is 16.2. The average molecular weight is 286 g/mol. The van der Waals surface area contributed by atoms with E-state index in [-0.39, 0.29) is 18.3 Å². The van der Waals surface area contributed by atoms with Gasteiger partial charge in [-0.15, -0.1) is 25.6 Å². The second kappa shape index (κ2) is 7.68. The quantitative estimate of drug-likeness (QED) is 0.732. The van der Waals surface area contributed by atoms with Gasteiger partial charge in [-0.2, -0.15) is 0 Å². The highest BCUT2D eigenvalue weighted by Gasteiger charge is 2.36. The van der Waals surface area contributed by atoms with Gasteiger partial charge in [-0.1, -0.05) is 12.2 Å². The summed E-state index contributed by atoms with van der Waals surface area (Å²) in [4.78, 5) is 16.3. The molecule has 0 aromatic carbocycles. The molecule has 2 fully saturated rings. The standard InChI is InChI=1S/C14H23N3O.ClH/c1-3-5-17(6-4-2)14(18)11-16-9-12-7-15-8-13(12)10-16;/h3-4,12-13,15H,1-2,5-11H2;1H/t12-,13+;. The lowest BCUT2D eigenvalue weighted by molar-refractivity contribution is -0.131. The summed E-state index contributed by atoms with van der Waals surface area (Å²) in [5, 5.41) is 3.41. The van der Waals surface area contributed by atoms with Gasteiger partial charge in [0.1, 0.15) is 0 Å². The van der Waals surface area contributed by atoms with Gasteiger partial charge >= 0.3 is 0 Å². The molecular formula is C14H24ClN3O. The van der Waals surface area contributed by atoms with Crippen molar-refractivity contribution in [1.82, 2.24) is 15.1 Å². The SMILES string of the molecule is C=CCN(CC=C)C(=O)CN1C[C@H]2CNC[C@H]2C1.Cl. The van der Waals surface area contributed by atoms with Crippen LogP contribution in [-0.4, -0.2) is 61.5 Å². The topological polar surface area (TPSA) is 35.6 Å². The zero-order chi connectivity index (χ0) is 13.0. The molecule has 4 nitrogen and oxygen atoms in total. The van der Waals surface area contributed by atoms with E-state index in [2.05, 4.69) is 23.4 Å². The zero-order valence-electron chi connectivity index (χ0n) is 11.4. The van der Waals surface area contributed by atoms with Gasteiger partial charge in [0.2, 0.25) is 5.91 Å². The maximum absolute atomic E-state index is 12.2. The van der Waals surface area contributed by atoms with E-state index in [1.807, 2.05) is 0 Å². The van der Waals surface area contributed by atoms with Crippen LogP contribution in [0.1, 0.15) is 0 Å². The van der Waals surface area contributed by atoms with E-state index in [9.17, 15) is 4.79 Å². The molecular weight excluding hydrogens is 262 g/mol. The van der Waals surface area contributed by atoms with E-state index in [1.54, 1.807) is 17.1 Å². The fraction of sp³-hybridized carbons (Fsp3) is 0.643. The molecule has 0 saturated carbocycles. The molecule has 0 spiro atoms. The number of fused-ring (bicyclic) bond motifs is 1. The van der Waals surface area contributed by atoms with Crippen LogP contribution in [0.2, 0.25) is 0 Å². The maximum atomic E-state index is 12.2. The summed E-state index contributed by atoms with van der Waals surface area (Å²) < 4.78 is 0. The summed E-state index contributed by atoms with van der Waals surface area (Å²) in [6.07, 6.45) is 3.54. The molecule has 1 amide bonds. The van der Waals surface area contributed by atoms with Gasteiger partial charge in [-0.25, -0.2) is 0 Å². The molecule has 2 atom stereocenters. The summed E-state index contributed by atoms with van der Waals surface area (Å²) >= 11 is 0. The third-order valence-electron chi connectivity index (χ3n) is 3.88. The number of rotatable bonds is 6. The number of amides is 1. The molecule has 2 rings (SSSR count). The molecule has 108 valence electrons. The Balaban J connectivity index is 0.00000180. The van der Waals surface area contributed by atoms with Gasteiger partial charge in [0.05, 0.1) is 6.54 Å². The van der Waals surface area contributed by atoms with Crippen molar-refractivity contribution in [2.75, 3.05) is 45.8 Å². The minimum Gasteiger partial charge on any atom is -0.334 e. The lowest BCUT2D eigenvalue weighted by Gasteiger charge is -2.23. The predicted molar refractivity (Wildman–Crippen MR) is 80.5 cm³/mol. The van der Waals surface area contributed by atoms with Crippen LogP contribution in [0.5, 0.6) is 0 Å². The Morgan fingerprint density at radius 2 is 1.74 bits per heavy atom. The number of hydrogen-bond donors (Lipinski definition) is 1. The molecule has 2 heterocycles. The largest absolute Gasteiger partial charge is 0.334 e. The number of carbonyl (C=O) groups excluding carboxylic acids is 1. The lowest BCUT2D eigenvalue weighted by atomic mass is 10.0. The minimum absolute atomic E-state index is 0. The van der Waals surface area contributed by atoms with Crippen molar-refractivity contribution in [3.8, 4) is 0 Å². The Morgan fingerprint density at radius 1 is 1.21 bits per heavy atom. The smallest absolute Gasteiger partial charge is 0.237 e. The summed E-state index contributed by atoms with van der Waals surface area (Å²) in [5.41, 5.74) is 0. The molecule has 0 unspecified atom stereocenters. The maximum Gasteiger partial charge on any atom is 0.237 e. The molecule has 0 bridgehead atoms. The molecule has 5 heteroatoms. The van der Waals surface area contributed by atoms with Crippen molar-refractivity contribution in [1.29, 1.82) is 0 Å². The van der Waals surface area contributed by atoms with Gasteiger partial charge in [-0.3, -0.25) is 9.69 Å². The van der Waals surface area contributed by atoms with Gasteiger partial charge < -0.3 is 10.2 Å². The molecule has 1 N–H and O–H groups in total. The first-order valence-electron chi connectivity index (χ1n) is 6.67. The first-order valence-corrected chi connectivity index (χ1v) is 6.67. The molecule has 0 aromatic heterocycles. The van der Waals surface area contributed by atoms with Gasteiger partial charge in [0.25, 0.3) is 0 Å². The third kappa shape index (κ3) is 4.06. The van der Waals surface area contributed by atoms with Crippen LogP contribution in [-0.2, 0) is 4.79 Å². The van der Waals surface area contributed by atoms with Crippen molar-refractivity contribution >= 4 is 18.3 Å². The van der Waals surface area contributed by atoms with Crippen LogP contribution in [0.15, 0.2) is 25.3 Å². The lowest BCUT2D eigenvalue weighted by Crippen LogP contribution is -2.40. The van der Waals surface area contributed by atoms with E-state index in [4.69, 9.17) is 0 Å². The van der Waals surface area contributed by atoms with Crippen molar-refractivity contribution < 1.29 is 4.79 Å². The summed E-state index contributed by atoms with van der Waals surface area (Å²) in [7, 11) is 0. The monoisotopic (exact) mass is 285 g/mol. The number of halogens is 1. The van der Waals surface area contributed by atoms with Gasteiger partial charge in [0.15, 0.2) is 0 Å². The van der Waals surface area contributed by atoms with Crippen molar-refractivity contribution in [2.45, 2.75) is 0 Å². The molecule has 2 aliphatic heterocycles. The Labute approximate surface area is 121 Å². The Kier molecular flexibility index (Phi) is 6.55. The molecule has 0 aromatic rings. The normalized spacial score (nSPS) is 25.5. The molecule has 2 aliphatic rings. The van der Waals surface area contributed by atoms with Crippen molar-refractivity contribution in [2.24, 2.45) is 11.8 Å².